The van der Waals surface area contributed by atoms with Gasteiger partial charge in [0.05, 0.1) is 0 Å². The average Bonchev–Trinajstić information content (AvgIpc) is 2.68. The van der Waals surface area contributed by atoms with Crippen LogP contribution in [0, 0.1) is 0 Å². The quantitative estimate of drug-likeness (QED) is 0.606. The SMILES string of the molecule is C=NC(=N/C=C\C)c1ccc(C(=O)O)o1. The smallest absolute Gasteiger partial charge is 0.371 e. The molecule has 0 spiro atoms. The van der Waals surface area contributed by atoms with Crippen LogP contribution in [-0.4, -0.2) is 23.6 Å². The molecule has 0 radical (unpaired) electrons. The highest BCUT2D eigenvalue weighted by molar-refractivity contribution is 6.00. The summed E-state index contributed by atoms with van der Waals surface area (Å²) in [5.74, 6) is -0.751. The summed E-state index contributed by atoms with van der Waals surface area (Å²) in [6.07, 6.45) is 3.24. The number of rotatable bonds is 3. The summed E-state index contributed by atoms with van der Waals surface area (Å²) in [6.45, 7) is 5.12. The molecule has 1 heterocycles. The molecule has 0 aromatic carbocycles. The molecule has 0 atom stereocenters. The highest BCUT2D eigenvalue weighted by Gasteiger charge is 2.11. The van der Waals surface area contributed by atoms with Crippen molar-refractivity contribution in [3.05, 3.63) is 35.9 Å². The fraction of sp³-hybridized carbons (Fsp3) is 0.100. The maximum absolute atomic E-state index is 10.5. The lowest BCUT2D eigenvalue weighted by atomic mass is 10.4. The summed E-state index contributed by atoms with van der Waals surface area (Å²) in [7, 11) is 0. The number of hydrogen-bond acceptors (Lipinski definition) is 3. The number of hydrogen-bond donors (Lipinski definition) is 1. The van der Waals surface area contributed by atoms with Crippen molar-refractivity contribution in [1.82, 2.24) is 0 Å². The zero-order chi connectivity index (χ0) is 11.3. The number of carboxylic acids is 1. The largest absolute Gasteiger partial charge is 0.475 e. The molecule has 0 bridgehead atoms. The van der Waals surface area contributed by atoms with Gasteiger partial charge in [-0.15, -0.1) is 0 Å². The van der Waals surface area contributed by atoms with Crippen LogP contribution in [0.4, 0.5) is 0 Å². The molecule has 1 aromatic rings. The minimum Gasteiger partial charge on any atom is -0.475 e. The van der Waals surface area contributed by atoms with Crippen molar-refractivity contribution in [2.45, 2.75) is 6.92 Å². The Bertz CT molecular complexity index is 430. The average molecular weight is 206 g/mol. The monoisotopic (exact) mass is 206 g/mol. The van der Waals surface area contributed by atoms with E-state index in [1.807, 2.05) is 0 Å². The van der Waals surface area contributed by atoms with Crippen molar-refractivity contribution >= 4 is 18.5 Å². The van der Waals surface area contributed by atoms with Crippen molar-refractivity contribution in [3.63, 3.8) is 0 Å². The molecule has 15 heavy (non-hydrogen) atoms. The van der Waals surface area contributed by atoms with Gasteiger partial charge < -0.3 is 9.52 Å². The van der Waals surface area contributed by atoms with E-state index in [1.54, 1.807) is 13.0 Å². The molecule has 0 unspecified atom stereocenters. The van der Waals surface area contributed by atoms with Crippen molar-refractivity contribution in [2.24, 2.45) is 9.98 Å². The van der Waals surface area contributed by atoms with Crippen LogP contribution in [-0.2, 0) is 0 Å². The molecule has 0 saturated carbocycles. The molecule has 1 rings (SSSR count). The zero-order valence-electron chi connectivity index (χ0n) is 8.17. The van der Waals surface area contributed by atoms with E-state index in [2.05, 4.69) is 16.7 Å². The molecule has 1 aromatic heterocycles. The first-order valence-corrected chi connectivity index (χ1v) is 4.18. The van der Waals surface area contributed by atoms with Crippen LogP contribution >= 0.6 is 0 Å². The fourth-order valence-corrected chi connectivity index (χ4v) is 0.901. The Morgan fingerprint density at radius 1 is 1.53 bits per heavy atom. The van der Waals surface area contributed by atoms with Gasteiger partial charge in [-0.05, 0) is 25.8 Å². The molecular weight excluding hydrogens is 196 g/mol. The van der Waals surface area contributed by atoms with Gasteiger partial charge >= 0.3 is 5.97 Å². The number of furan rings is 1. The van der Waals surface area contributed by atoms with Gasteiger partial charge in [0.1, 0.15) is 0 Å². The van der Waals surface area contributed by atoms with Crippen LogP contribution in [0.15, 0.2) is 38.8 Å². The van der Waals surface area contributed by atoms with Crippen LogP contribution in [0.5, 0.6) is 0 Å². The Kier molecular flexibility index (Phi) is 3.56. The van der Waals surface area contributed by atoms with Crippen LogP contribution in [0.2, 0.25) is 0 Å². The molecule has 0 saturated heterocycles. The fourth-order valence-electron chi connectivity index (χ4n) is 0.901. The van der Waals surface area contributed by atoms with Crippen LogP contribution in [0.3, 0.4) is 0 Å². The van der Waals surface area contributed by atoms with E-state index in [-0.39, 0.29) is 17.4 Å². The third-order valence-electron chi connectivity index (χ3n) is 1.53. The van der Waals surface area contributed by atoms with Crippen molar-refractivity contribution in [2.75, 3.05) is 0 Å². The molecule has 5 nitrogen and oxygen atoms in total. The standard InChI is InChI=1S/C10H10N2O3/c1-3-6-12-9(11-2)7-4-5-8(15-7)10(13)14/h3-6H,2H2,1H3,(H,13,14)/b6-3-,12-9?. The third-order valence-corrected chi connectivity index (χ3v) is 1.53. The van der Waals surface area contributed by atoms with Crippen molar-refractivity contribution < 1.29 is 14.3 Å². The van der Waals surface area contributed by atoms with E-state index in [0.717, 1.165) is 0 Å². The molecule has 78 valence electrons. The summed E-state index contributed by atoms with van der Waals surface area (Å²) in [5, 5.41) is 8.63. The molecule has 5 heteroatoms. The Balaban J connectivity index is 3.03. The summed E-state index contributed by atoms with van der Waals surface area (Å²) >= 11 is 0. The predicted octanol–water partition coefficient (Wildman–Crippen LogP) is 1.96. The number of aliphatic imine (C=N–C) groups is 2. The van der Waals surface area contributed by atoms with Gasteiger partial charge in [-0.25, -0.2) is 14.8 Å². The summed E-state index contributed by atoms with van der Waals surface area (Å²) in [6, 6.07) is 2.83. The second-order valence-corrected chi connectivity index (χ2v) is 2.56. The summed E-state index contributed by atoms with van der Waals surface area (Å²) in [4.78, 5) is 18.1. The molecule has 1 N–H and O–H groups in total. The van der Waals surface area contributed by atoms with E-state index in [9.17, 15) is 4.79 Å². The predicted molar refractivity (Wildman–Crippen MR) is 56.6 cm³/mol. The Hall–Kier alpha value is -2.17. The first-order valence-electron chi connectivity index (χ1n) is 4.18. The van der Waals surface area contributed by atoms with Crippen molar-refractivity contribution in [3.8, 4) is 0 Å². The number of carboxylic acid groups (broad SMARTS) is 1. The number of allylic oxidation sites excluding steroid dienone is 1. The zero-order valence-corrected chi connectivity index (χ0v) is 8.17. The second kappa shape index (κ2) is 4.90. The lowest BCUT2D eigenvalue weighted by Gasteiger charge is -1.92. The molecule has 0 aliphatic rings. The van der Waals surface area contributed by atoms with Gasteiger partial charge in [-0.3, -0.25) is 0 Å². The number of amidine groups is 1. The van der Waals surface area contributed by atoms with E-state index in [1.165, 1.54) is 18.3 Å². The Labute approximate surface area is 86.5 Å². The van der Waals surface area contributed by atoms with E-state index in [4.69, 9.17) is 9.52 Å². The van der Waals surface area contributed by atoms with E-state index >= 15 is 0 Å². The summed E-state index contributed by atoms with van der Waals surface area (Å²) in [5.41, 5.74) is 0. The molecular formula is C10H10N2O3. The van der Waals surface area contributed by atoms with E-state index < -0.39 is 5.97 Å². The van der Waals surface area contributed by atoms with Gasteiger partial charge in [0, 0.05) is 6.20 Å². The van der Waals surface area contributed by atoms with Gasteiger partial charge in [-0.2, -0.15) is 0 Å². The minimum absolute atomic E-state index is 0.151. The maximum Gasteiger partial charge on any atom is 0.371 e. The van der Waals surface area contributed by atoms with Crippen molar-refractivity contribution in [1.29, 1.82) is 0 Å². The minimum atomic E-state index is -1.13. The van der Waals surface area contributed by atoms with Gasteiger partial charge in [-0.1, -0.05) is 6.08 Å². The number of nitrogens with zero attached hydrogens (tertiary/aromatic N) is 2. The van der Waals surface area contributed by atoms with Gasteiger partial charge in [0.2, 0.25) is 5.76 Å². The van der Waals surface area contributed by atoms with Crippen LogP contribution < -0.4 is 0 Å². The van der Waals surface area contributed by atoms with Crippen LogP contribution in [0.25, 0.3) is 0 Å². The Morgan fingerprint density at radius 3 is 2.67 bits per heavy atom. The van der Waals surface area contributed by atoms with Gasteiger partial charge in [0.25, 0.3) is 0 Å². The molecule has 0 aliphatic heterocycles. The van der Waals surface area contributed by atoms with Crippen LogP contribution in [0.1, 0.15) is 23.2 Å². The Morgan fingerprint density at radius 2 is 2.20 bits per heavy atom. The molecule has 0 fully saturated rings. The summed E-state index contributed by atoms with van der Waals surface area (Å²) < 4.78 is 5.00. The lowest BCUT2D eigenvalue weighted by Crippen LogP contribution is -1.95. The highest BCUT2D eigenvalue weighted by atomic mass is 16.4. The van der Waals surface area contributed by atoms with Gasteiger partial charge in [0.15, 0.2) is 11.6 Å². The molecule has 0 aliphatic carbocycles. The topological polar surface area (TPSA) is 75.2 Å². The number of carbonyl (C=O) groups is 1. The molecule has 0 amide bonds. The lowest BCUT2D eigenvalue weighted by molar-refractivity contribution is 0.0662. The first-order chi connectivity index (χ1) is 7.19. The number of aromatic carboxylic acids is 1. The normalized spacial score (nSPS) is 11.9. The maximum atomic E-state index is 10.5. The second-order valence-electron chi connectivity index (χ2n) is 2.56. The third kappa shape index (κ3) is 2.63. The highest BCUT2D eigenvalue weighted by Crippen LogP contribution is 2.09. The first kappa shape index (κ1) is 10.9. The van der Waals surface area contributed by atoms with E-state index in [0.29, 0.717) is 0 Å².